The molecule has 6 nitrogen and oxygen atoms in total. The van der Waals surface area contributed by atoms with Gasteiger partial charge in [0.2, 0.25) is 5.91 Å². The van der Waals surface area contributed by atoms with Gasteiger partial charge in [-0.25, -0.2) is 0 Å². The van der Waals surface area contributed by atoms with E-state index in [-0.39, 0.29) is 18.1 Å². The zero-order chi connectivity index (χ0) is 13.8. The van der Waals surface area contributed by atoms with Gasteiger partial charge >= 0.3 is 0 Å². The minimum absolute atomic E-state index is 0.0104. The van der Waals surface area contributed by atoms with Crippen molar-refractivity contribution < 1.29 is 14.3 Å². The normalized spacial score (nSPS) is 29.9. The number of ether oxygens (including phenoxy) is 2. The van der Waals surface area contributed by atoms with Gasteiger partial charge in [0.1, 0.15) is 12.2 Å². The lowest BCUT2D eigenvalue weighted by atomic mass is 10.1. The van der Waals surface area contributed by atoms with E-state index in [0.717, 1.165) is 25.9 Å². The molecule has 0 aromatic heterocycles. The predicted octanol–water partition coefficient (Wildman–Crippen LogP) is -0.718. The first-order chi connectivity index (χ1) is 9.13. The maximum Gasteiger partial charge on any atom is 0.236 e. The van der Waals surface area contributed by atoms with Crippen molar-refractivity contribution in [2.45, 2.75) is 31.1 Å². The number of rotatable bonds is 4. The molecule has 2 rings (SSSR count). The second kappa shape index (κ2) is 6.65. The first-order valence-corrected chi connectivity index (χ1v) is 6.95. The van der Waals surface area contributed by atoms with E-state index in [1.165, 1.54) is 0 Å². The molecule has 2 N–H and O–H groups in total. The molecule has 0 radical (unpaired) electrons. The number of hydrogen-bond donors (Lipinski definition) is 1. The molecule has 19 heavy (non-hydrogen) atoms. The highest BCUT2D eigenvalue weighted by molar-refractivity contribution is 5.78. The van der Waals surface area contributed by atoms with Gasteiger partial charge in [0.05, 0.1) is 6.54 Å². The van der Waals surface area contributed by atoms with Crippen LogP contribution in [0.25, 0.3) is 0 Å². The molecule has 2 aliphatic rings. The third-order valence-corrected chi connectivity index (χ3v) is 4.16. The van der Waals surface area contributed by atoms with Crippen LogP contribution in [0, 0.1) is 0 Å². The molecule has 0 bridgehead atoms. The number of piperidine rings is 1. The van der Waals surface area contributed by atoms with Crippen LogP contribution >= 0.6 is 0 Å². The van der Waals surface area contributed by atoms with Crippen LogP contribution in [0.15, 0.2) is 0 Å². The molecule has 2 unspecified atom stereocenters. The SMILES string of the molecule is COC1CN(C(=O)CN2CCC(N)CC2)CC1OC. The van der Waals surface area contributed by atoms with E-state index < -0.39 is 0 Å². The van der Waals surface area contributed by atoms with Crippen LogP contribution in [-0.2, 0) is 14.3 Å². The zero-order valence-corrected chi connectivity index (χ0v) is 11.9. The fourth-order valence-electron chi connectivity index (χ4n) is 2.80. The number of carbonyl (C=O) groups excluding carboxylic acids is 1. The number of methoxy groups -OCH3 is 2. The van der Waals surface area contributed by atoms with Crippen molar-refractivity contribution in [3.05, 3.63) is 0 Å². The fourth-order valence-corrected chi connectivity index (χ4v) is 2.80. The molecule has 0 spiro atoms. The Hall–Kier alpha value is -0.690. The Morgan fingerprint density at radius 1 is 1.16 bits per heavy atom. The van der Waals surface area contributed by atoms with Gasteiger partial charge in [-0.3, -0.25) is 9.69 Å². The highest BCUT2D eigenvalue weighted by Crippen LogP contribution is 2.16. The Kier molecular flexibility index (Phi) is 5.15. The van der Waals surface area contributed by atoms with Gasteiger partial charge in [-0.05, 0) is 12.8 Å². The van der Waals surface area contributed by atoms with Gasteiger partial charge in [-0.15, -0.1) is 0 Å². The van der Waals surface area contributed by atoms with E-state index in [1.807, 2.05) is 4.90 Å². The second-order valence-corrected chi connectivity index (χ2v) is 5.46. The van der Waals surface area contributed by atoms with Crippen molar-refractivity contribution in [3.63, 3.8) is 0 Å². The van der Waals surface area contributed by atoms with Crippen LogP contribution in [0.2, 0.25) is 0 Å². The van der Waals surface area contributed by atoms with Gasteiger partial charge < -0.3 is 20.1 Å². The summed E-state index contributed by atoms with van der Waals surface area (Å²) >= 11 is 0. The average molecular weight is 271 g/mol. The molecule has 2 atom stereocenters. The van der Waals surface area contributed by atoms with E-state index >= 15 is 0 Å². The maximum absolute atomic E-state index is 12.3. The standard InChI is InChI=1S/C13H25N3O3/c1-18-11-7-16(8-12(11)19-2)13(17)9-15-5-3-10(14)4-6-15/h10-12H,3-9,14H2,1-2H3. The molecule has 2 heterocycles. The highest BCUT2D eigenvalue weighted by Gasteiger charge is 2.35. The predicted molar refractivity (Wildman–Crippen MR) is 71.8 cm³/mol. The van der Waals surface area contributed by atoms with Crippen LogP contribution in [0.1, 0.15) is 12.8 Å². The molecule has 2 fully saturated rings. The molecular weight excluding hydrogens is 246 g/mol. The Morgan fingerprint density at radius 3 is 2.16 bits per heavy atom. The average Bonchev–Trinajstić information content (AvgIpc) is 2.84. The number of likely N-dealkylation sites (tertiary alicyclic amines) is 2. The van der Waals surface area contributed by atoms with Crippen LogP contribution in [0.3, 0.4) is 0 Å². The summed E-state index contributed by atoms with van der Waals surface area (Å²) in [5, 5.41) is 0. The lowest BCUT2D eigenvalue weighted by molar-refractivity contribution is -0.132. The van der Waals surface area contributed by atoms with Gasteiger partial charge in [0.25, 0.3) is 0 Å². The van der Waals surface area contributed by atoms with Gasteiger partial charge in [-0.2, -0.15) is 0 Å². The molecule has 0 aliphatic carbocycles. The molecule has 0 saturated carbocycles. The van der Waals surface area contributed by atoms with Crippen molar-refractivity contribution in [1.29, 1.82) is 0 Å². The summed E-state index contributed by atoms with van der Waals surface area (Å²) in [5.74, 6) is 0.164. The van der Waals surface area contributed by atoms with E-state index in [1.54, 1.807) is 14.2 Å². The smallest absolute Gasteiger partial charge is 0.236 e. The number of carbonyl (C=O) groups is 1. The van der Waals surface area contributed by atoms with E-state index in [0.29, 0.717) is 25.7 Å². The van der Waals surface area contributed by atoms with Crippen molar-refractivity contribution >= 4 is 5.91 Å². The quantitative estimate of drug-likeness (QED) is 0.731. The van der Waals surface area contributed by atoms with Crippen molar-refractivity contribution in [1.82, 2.24) is 9.80 Å². The number of hydrogen-bond acceptors (Lipinski definition) is 5. The fraction of sp³-hybridized carbons (Fsp3) is 0.923. The van der Waals surface area contributed by atoms with Crippen LogP contribution in [-0.4, -0.2) is 80.9 Å². The van der Waals surface area contributed by atoms with Crippen molar-refractivity contribution in [2.24, 2.45) is 5.73 Å². The maximum atomic E-state index is 12.3. The highest BCUT2D eigenvalue weighted by atomic mass is 16.5. The summed E-state index contributed by atoms with van der Waals surface area (Å²) in [5.41, 5.74) is 5.87. The summed E-state index contributed by atoms with van der Waals surface area (Å²) in [6.45, 7) is 3.58. The van der Waals surface area contributed by atoms with E-state index in [4.69, 9.17) is 15.2 Å². The summed E-state index contributed by atoms with van der Waals surface area (Å²) in [4.78, 5) is 16.3. The first-order valence-electron chi connectivity index (χ1n) is 6.95. The van der Waals surface area contributed by atoms with Gasteiger partial charge in [0.15, 0.2) is 0 Å². The molecule has 2 aliphatic heterocycles. The summed E-state index contributed by atoms with van der Waals surface area (Å²) in [7, 11) is 3.33. The lowest BCUT2D eigenvalue weighted by Gasteiger charge is -2.30. The van der Waals surface area contributed by atoms with E-state index in [2.05, 4.69) is 4.90 Å². The molecule has 6 heteroatoms. The topological polar surface area (TPSA) is 68.0 Å². The largest absolute Gasteiger partial charge is 0.377 e. The molecule has 2 saturated heterocycles. The molecule has 0 aromatic carbocycles. The zero-order valence-electron chi connectivity index (χ0n) is 11.9. The Balaban J connectivity index is 1.80. The van der Waals surface area contributed by atoms with Crippen molar-refractivity contribution in [2.75, 3.05) is 46.9 Å². The Bertz CT molecular complexity index is 294. The minimum Gasteiger partial charge on any atom is -0.377 e. The molecule has 1 amide bonds. The monoisotopic (exact) mass is 271 g/mol. The summed E-state index contributed by atoms with van der Waals surface area (Å²) in [6.07, 6.45) is 1.94. The van der Waals surface area contributed by atoms with Crippen LogP contribution in [0.5, 0.6) is 0 Å². The lowest BCUT2D eigenvalue weighted by Crippen LogP contribution is -2.45. The number of nitrogens with two attached hydrogens (primary N) is 1. The molecular formula is C13H25N3O3. The number of amides is 1. The Morgan fingerprint density at radius 2 is 1.68 bits per heavy atom. The number of nitrogens with zero attached hydrogens (tertiary/aromatic N) is 2. The molecule has 110 valence electrons. The van der Waals surface area contributed by atoms with Crippen LogP contribution in [0.4, 0.5) is 0 Å². The summed E-state index contributed by atoms with van der Waals surface area (Å²) in [6, 6.07) is 0.300. The minimum atomic E-state index is -0.0104. The summed E-state index contributed by atoms with van der Waals surface area (Å²) < 4.78 is 10.7. The Labute approximate surface area is 114 Å². The van der Waals surface area contributed by atoms with Crippen LogP contribution < -0.4 is 5.73 Å². The first kappa shape index (κ1) is 14.7. The van der Waals surface area contributed by atoms with Gasteiger partial charge in [0, 0.05) is 46.4 Å². The van der Waals surface area contributed by atoms with E-state index in [9.17, 15) is 4.79 Å². The molecule has 0 aromatic rings. The van der Waals surface area contributed by atoms with Crippen molar-refractivity contribution in [3.8, 4) is 0 Å². The van der Waals surface area contributed by atoms with Gasteiger partial charge in [-0.1, -0.05) is 0 Å². The second-order valence-electron chi connectivity index (χ2n) is 5.46. The third-order valence-electron chi connectivity index (χ3n) is 4.16. The third kappa shape index (κ3) is 3.66.